The van der Waals surface area contributed by atoms with Gasteiger partial charge in [-0.3, -0.25) is 5.32 Å². The number of benzene rings is 1. The highest BCUT2D eigenvalue weighted by Crippen LogP contribution is 2.16. The van der Waals surface area contributed by atoms with E-state index < -0.39 is 6.09 Å². The Labute approximate surface area is 128 Å². The number of ether oxygens (including phenoxy) is 2. The molecule has 0 unspecified atom stereocenters. The summed E-state index contributed by atoms with van der Waals surface area (Å²) >= 11 is 0. The molecule has 118 valence electrons. The number of nitrogens with zero attached hydrogens (tertiary/aromatic N) is 4. The van der Waals surface area contributed by atoms with Crippen molar-refractivity contribution < 1.29 is 14.3 Å². The second-order valence-electron chi connectivity index (χ2n) is 4.60. The van der Waals surface area contributed by atoms with Crippen LogP contribution in [-0.4, -0.2) is 33.4 Å². The van der Waals surface area contributed by atoms with Crippen molar-refractivity contribution >= 4 is 11.8 Å². The van der Waals surface area contributed by atoms with Crippen LogP contribution in [0.2, 0.25) is 0 Å². The highest BCUT2D eigenvalue weighted by atomic mass is 16.5. The van der Waals surface area contributed by atoms with Crippen LogP contribution in [0.15, 0.2) is 24.3 Å². The van der Waals surface area contributed by atoms with Crippen LogP contribution in [-0.2, 0) is 17.9 Å². The van der Waals surface area contributed by atoms with Gasteiger partial charge >= 0.3 is 6.09 Å². The summed E-state index contributed by atoms with van der Waals surface area (Å²) in [6, 6.07) is 6.97. The molecule has 8 nitrogen and oxygen atoms in total. The van der Waals surface area contributed by atoms with E-state index in [1.807, 2.05) is 0 Å². The van der Waals surface area contributed by atoms with Gasteiger partial charge in [0.2, 0.25) is 0 Å². The van der Waals surface area contributed by atoms with Gasteiger partial charge in [0, 0.05) is 12.2 Å². The van der Waals surface area contributed by atoms with Crippen molar-refractivity contribution in [1.82, 2.24) is 20.2 Å². The van der Waals surface area contributed by atoms with E-state index in [0.29, 0.717) is 23.9 Å². The van der Waals surface area contributed by atoms with Gasteiger partial charge in [-0.05, 0) is 41.1 Å². The van der Waals surface area contributed by atoms with E-state index in [4.69, 9.17) is 4.74 Å². The van der Waals surface area contributed by atoms with Crippen LogP contribution in [0, 0.1) is 0 Å². The Hall–Kier alpha value is -2.64. The van der Waals surface area contributed by atoms with Crippen molar-refractivity contribution in [3.05, 3.63) is 30.1 Å². The summed E-state index contributed by atoms with van der Waals surface area (Å²) in [5, 5.41) is 14.1. The maximum Gasteiger partial charge on any atom is 0.411 e. The van der Waals surface area contributed by atoms with E-state index in [9.17, 15) is 4.79 Å². The van der Waals surface area contributed by atoms with Crippen LogP contribution >= 0.6 is 0 Å². The molecule has 0 saturated heterocycles. The SMILES string of the molecule is CCCCn1nnnc1COc1ccc(NC(=O)OC)cc1. The molecule has 0 aliphatic rings. The minimum absolute atomic E-state index is 0.292. The largest absolute Gasteiger partial charge is 0.486 e. The molecule has 0 bridgehead atoms. The summed E-state index contributed by atoms with van der Waals surface area (Å²) in [7, 11) is 1.32. The van der Waals surface area contributed by atoms with Crippen molar-refractivity contribution in [2.75, 3.05) is 12.4 Å². The van der Waals surface area contributed by atoms with Crippen LogP contribution in [0.5, 0.6) is 5.75 Å². The van der Waals surface area contributed by atoms with Crippen molar-refractivity contribution in [2.45, 2.75) is 32.9 Å². The molecule has 1 aromatic carbocycles. The maximum absolute atomic E-state index is 11.1. The number of unbranched alkanes of at least 4 members (excludes halogenated alkanes) is 1. The molecular formula is C14H19N5O3. The Morgan fingerprint density at radius 2 is 2.09 bits per heavy atom. The van der Waals surface area contributed by atoms with Gasteiger partial charge in [-0.15, -0.1) is 5.10 Å². The van der Waals surface area contributed by atoms with Crippen LogP contribution in [0.25, 0.3) is 0 Å². The van der Waals surface area contributed by atoms with Crippen molar-refractivity contribution in [3.8, 4) is 5.75 Å². The molecule has 1 heterocycles. The van der Waals surface area contributed by atoms with Gasteiger partial charge in [0.25, 0.3) is 0 Å². The number of carbonyl (C=O) groups is 1. The maximum atomic E-state index is 11.1. The molecule has 0 saturated carbocycles. The van der Waals surface area contributed by atoms with Gasteiger partial charge in [0.1, 0.15) is 12.4 Å². The Balaban J connectivity index is 1.89. The minimum atomic E-state index is -0.510. The molecule has 22 heavy (non-hydrogen) atoms. The number of hydrogen-bond donors (Lipinski definition) is 1. The lowest BCUT2D eigenvalue weighted by molar-refractivity contribution is 0.187. The fraction of sp³-hybridized carbons (Fsp3) is 0.429. The standard InChI is InChI=1S/C14H19N5O3/c1-3-4-9-19-13(16-17-18-19)10-22-12-7-5-11(6-8-12)15-14(20)21-2/h5-8H,3-4,9-10H2,1-2H3,(H,15,20). The van der Waals surface area contributed by atoms with E-state index in [-0.39, 0.29) is 0 Å². The molecule has 0 aliphatic carbocycles. The molecular weight excluding hydrogens is 286 g/mol. The molecule has 0 spiro atoms. The number of aromatic nitrogens is 4. The highest BCUT2D eigenvalue weighted by molar-refractivity contribution is 5.84. The van der Waals surface area contributed by atoms with Crippen LogP contribution in [0.3, 0.4) is 0 Å². The van der Waals surface area contributed by atoms with Gasteiger partial charge in [-0.25, -0.2) is 9.48 Å². The second-order valence-corrected chi connectivity index (χ2v) is 4.60. The van der Waals surface area contributed by atoms with E-state index in [2.05, 4.69) is 32.5 Å². The number of nitrogens with one attached hydrogen (secondary N) is 1. The Morgan fingerprint density at radius 1 is 1.32 bits per heavy atom. The molecule has 8 heteroatoms. The summed E-state index contributed by atoms with van der Waals surface area (Å²) < 4.78 is 11.9. The minimum Gasteiger partial charge on any atom is -0.486 e. The quantitative estimate of drug-likeness (QED) is 0.843. The lowest BCUT2D eigenvalue weighted by Crippen LogP contribution is -2.11. The van der Waals surface area contributed by atoms with Gasteiger partial charge in [0.15, 0.2) is 5.82 Å². The predicted molar refractivity (Wildman–Crippen MR) is 79.5 cm³/mol. The van der Waals surface area contributed by atoms with E-state index >= 15 is 0 Å². The van der Waals surface area contributed by atoms with E-state index in [0.717, 1.165) is 19.4 Å². The topological polar surface area (TPSA) is 91.2 Å². The second kappa shape index (κ2) is 7.96. The molecule has 1 amide bonds. The number of rotatable bonds is 7. The fourth-order valence-corrected chi connectivity index (χ4v) is 1.76. The molecule has 0 radical (unpaired) electrons. The third-order valence-electron chi connectivity index (χ3n) is 2.98. The zero-order valence-electron chi connectivity index (χ0n) is 12.7. The summed E-state index contributed by atoms with van der Waals surface area (Å²) in [6.45, 7) is 3.19. The Bertz CT molecular complexity index is 597. The molecule has 0 atom stereocenters. The third kappa shape index (κ3) is 4.44. The van der Waals surface area contributed by atoms with Crippen LogP contribution in [0.4, 0.5) is 10.5 Å². The number of carbonyl (C=O) groups excluding carboxylic acids is 1. The molecule has 0 aliphatic heterocycles. The zero-order chi connectivity index (χ0) is 15.8. The van der Waals surface area contributed by atoms with Crippen LogP contribution < -0.4 is 10.1 Å². The first-order valence-corrected chi connectivity index (χ1v) is 7.05. The van der Waals surface area contributed by atoms with Gasteiger partial charge in [-0.1, -0.05) is 13.3 Å². The summed E-state index contributed by atoms with van der Waals surface area (Å²) in [6.07, 6.45) is 1.59. The summed E-state index contributed by atoms with van der Waals surface area (Å²) in [4.78, 5) is 11.1. The number of aryl methyl sites for hydroxylation is 1. The van der Waals surface area contributed by atoms with Crippen molar-refractivity contribution in [1.29, 1.82) is 0 Å². The summed E-state index contributed by atoms with van der Waals surface area (Å²) in [5.41, 5.74) is 0.631. The lowest BCUT2D eigenvalue weighted by Gasteiger charge is -2.08. The van der Waals surface area contributed by atoms with Gasteiger partial charge < -0.3 is 9.47 Å². The van der Waals surface area contributed by atoms with Crippen molar-refractivity contribution in [2.24, 2.45) is 0 Å². The molecule has 1 N–H and O–H groups in total. The molecule has 2 rings (SSSR count). The number of methoxy groups -OCH3 is 1. The monoisotopic (exact) mass is 305 g/mol. The zero-order valence-corrected chi connectivity index (χ0v) is 12.7. The summed E-state index contributed by atoms with van der Waals surface area (Å²) in [5.74, 6) is 1.35. The van der Waals surface area contributed by atoms with Crippen LogP contribution in [0.1, 0.15) is 25.6 Å². The number of hydrogen-bond acceptors (Lipinski definition) is 6. The Kier molecular flexibility index (Phi) is 5.70. The normalized spacial score (nSPS) is 10.3. The van der Waals surface area contributed by atoms with E-state index in [1.165, 1.54) is 7.11 Å². The van der Waals surface area contributed by atoms with E-state index in [1.54, 1.807) is 28.9 Å². The lowest BCUT2D eigenvalue weighted by atomic mass is 10.3. The molecule has 2 aromatic rings. The first-order chi connectivity index (χ1) is 10.7. The molecule has 0 fully saturated rings. The smallest absolute Gasteiger partial charge is 0.411 e. The first kappa shape index (κ1) is 15.7. The first-order valence-electron chi connectivity index (χ1n) is 7.05. The Morgan fingerprint density at radius 3 is 2.77 bits per heavy atom. The average Bonchev–Trinajstić information content (AvgIpc) is 2.99. The number of anilines is 1. The third-order valence-corrected chi connectivity index (χ3v) is 2.98. The number of tetrazole rings is 1. The van der Waals surface area contributed by atoms with Gasteiger partial charge in [-0.2, -0.15) is 0 Å². The number of amides is 1. The molecule has 1 aromatic heterocycles. The average molecular weight is 305 g/mol. The fourth-order valence-electron chi connectivity index (χ4n) is 1.76. The van der Waals surface area contributed by atoms with Gasteiger partial charge in [0.05, 0.1) is 7.11 Å². The highest BCUT2D eigenvalue weighted by Gasteiger charge is 2.07. The van der Waals surface area contributed by atoms with Crippen molar-refractivity contribution in [3.63, 3.8) is 0 Å². The predicted octanol–water partition coefficient (Wildman–Crippen LogP) is 2.23.